The number of nitrogens with zero attached hydrogens (tertiary/aromatic N) is 6. The number of hydrogen-bond donors (Lipinski definition) is 0. The van der Waals surface area contributed by atoms with E-state index >= 15 is 0 Å². The Kier molecular flexibility index (Phi) is 4.50. The summed E-state index contributed by atoms with van der Waals surface area (Å²) in [4.78, 5) is 6.39. The molecule has 3 rings (SSSR count). The van der Waals surface area contributed by atoms with Gasteiger partial charge in [-0.15, -0.1) is 5.10 Å². The highest BCUT2D eigenvalue weighted by atomic mass is 19.1. The molecule has 0 fully saturated rings. The Hall–Kier alpha value is -2.83. The predicted octanol–water partition coefficient (Wildman–Crippen LogP) is 2.63. The lowest BCUT2D eigenvalue weighted by Crippen LogP contribution is -2.25. The summed E-state index contributed by atoms with van der Waals surface area (Å²) >= 11 is 0. The van der Waals surface area contributed by atoms with E-state index in [2.05, 4.69) is 20.3 Å². The van der Waals surface area contributed by atoms with Crippen LogP contribution >= 0.6 is 0 Å². The molecule has 0 spiro atoms. The van der Waals surface area contributed by atoms with Gasteiger partial charge in [-0.2, -0.15) is 10.2 Å². The molecule has 0 aliphatic rings. The summed E-state index contributed by atoms with van der Waals surface area (Å²) in [5.74, 6) is 0.198. The van der Waals surface area contributed by atoms with Crippen LogP contribution < -0.4 is 4.90 Å². The number of hydrogen-bond acceptors (Lipinski definition) is 5. The van der Waals surface area contributed by atoms with Crippen LogP contribution in [0.25, 0.3) is 11.3 Å². The van der Waals surface area contributed by atoms with Gasteiger partial charge in [-0.3, -0.25) is 4.68 Å². The molecule has 0 bridgehead atoms. The summed E-state index contributed by atoms with van der Waals surface area (Å²) in [6.07, 6.45) is 1.53. The van der Waals surface area contributed by atoms with Crippen LogP contribution in [0.5, 0.6) is 0 Å². The Morgan fingerprint density at radius 1 is 1.21 bits per heavy atom. The molecular weight excluding hydrogens is 307 g/mol. The fraction of sp³-hybridized carbons (Fsp3) is 0.294. The lowest BCUT2D eigenvalue weighted by atomic mass is 10.2. The fourth-order valence-corrected chi connectivity index (χ4v) is 2.49. The smallest absolute Gasteiger partial charge is 0.245 e. The first-order valence-corrected chi connectivity index (χ1v) is 7.71. The van der Waals surface area contributed by atoms with Gasteiger partial charge in [0.1, 0.15) is 5.82 Å². The first-order chi connectivity index (χ1) is 11.5. The molecule has 124 valence electrons. The molecule has 0 N–H and O–H groups in total. The number of anilines is 1. The topological polar surface area (TPSA) is 59.7 Å². The quantitative estimate of drug-likeness (QED) is 0.721. The normalized spacial score (nSPS) is 10.8. The Bertz CT molecular complexity index is 845. The van der Waals surface area contributed by atoms with Crippen molar-refractivity contribution in [2.45, 2.75) is 20.4 Å². The minimum atomic E-state index is -0.300. The van der Waals surface area contributed by atoms with E-state index in [4.69, 9.17) is 0 Å². The summed E-state index contributed by atoms with van der Waals surface area (Å²) in [7, 11) is 1.90. The van der Waals surface area contributed by atoms with Crippen LogP contribution in [0.15, 0.2) is 36.5 Å². The summed E-state index contributed by atoms with van der Waals surface area (Å²) in [5, 5.41) is 12.5. The zero-order valence-electron chi connectivity index (χ0n) is 13.9. The van der Waals surface area contributed by atoms with Crippen molar-refractivity contribution in [2.75, 3.05) is 18.5 Å². The molecule has 24 heavy (non-hydrogen) atoms. The maximum atomic E-state index is 13.4. The van der Waals surface area contributed by atoms with Crippen molar-refractivity contribution in [2.24, 2.45) is 0 Å². The van der Waals surface area contributed by atoms with Gasteiger partial charge >= 0.3 is 0 Å². The average molecular weight is 326 g/mol. The Balaban J connectivity index is 1.74. The van der Waals surface area contributed by atoms with Crippen molar-refractivity contribution < 1.29 is 4.39 Å². The van der Waals surface area contributed by atoms with E-state index in [0.29, 0.717) is 23.8 Å². The average Bonchev–Trinajstić information content (AvgIpc) is 2.90. The van der Waals surface area contributed by atoms with Gasteiger partial charge in [-0.05, 0) is 32.0 Å². The number of rotatable bonds is 5. The second-order valence-corrected chi connectivity index (χ2v) is 5.72. The lowest BCUT2D eigenvalue weighted by molar-refractivity contribution is 0.587. The van der Waals surface area contributed by atoms with Crippen LogP contribution in [-0.2, 0) is 6.54 Å². The molecule has 7 heteroatoms. The van der Waals surface area contributed by atoms with Crippen molar-refractivity contribution in [3.05, 3.63) is 53.7 Å². The molecule has 2 aromatic heterocycles. The van der Waals surface area contributed by atoms with Crippen LogP contribution in [0.4, 0.5) is 10.3 Å². The third-order valence-electron chi connectivity index (χ3n) is 3.76. The highest BCUT2D eigenvalue weighted by Crippen LogP contribution is 2.18. The maximum absolute atomic E-state index is 13.4. The van der Waals surface area contributed by atoms with Crippen LogP contribution in [0.2, 0.25) is 0 Å². The van der Waals surface area contributed by atoms with Gasteiger partial charge in [0.05, 0.1) is 24.1 Å². The molecule has 0 unspecified atom stereocenters. The van der Waals surface area contributed by atoms with Gasteiger partial charge in [0.25, 0.3) is 0 Å². The molecular formula is C17H19FN6. The van der Waals surface area contributed by atoms with E-state index in [0.717, 1.165) is 17.9 Å². The van der Waals surface area contributed by atoms with Crippen LogP contribution in [0.1, 0.15) is 11.4 Å². The number of halogens is 1. The van der Waals surface area contributed by atoms with E-state index in [-0.39, 0.29) is 5.82 Å². The van der Waals surface area contributed by atoms with E-state index in [9.17, 15) is 4.39 Å². The highest BCUT2D eigenvalue weighted by molar-refractivity contribution is 5.59. The number of aryl methyl sites for hydroxylation is 2. The number of likely N-dealkylation sites (N-methyl/N-ethyl adjacent to an activating group) is 1. The Morgan fingerprint density at radius 2 is 2.04 bits per heavy atom. The molecule has 0 saturated heterocycles. The fourth-order valence-electron chi connectivity index (χ4n) is 2.49. The summed E-state index contributed by atoms with van der Waals surface area (Å²) in [6, 6.07) is 8.33. The predicted molar refractivity (Wildman–Crippen MR) is 90.2 cm³/mol. The van der Waals surface area contributed by atoms with E-state index in [1.807, 2.05) is 36.5 Å². The van der Waals surface area contributed by atoms with Crippen LogP contribution in [0, 0.1) is 19.7 Å². The van der Waals surface area contributed by atoms with Crippen LogP contribution in [-0.4, -0.2) is 38.6 Å². The molecule has 0 aliphatic heterocycles. The number of benzene rings is 1. The molecule has 6 nitrogen and oxygen atoms in total. The Morgan fingerprint density at radius 3 is 2.75 bits per heavy atom. The Labute approximate surface area is 140 Å². The van der Waals surface area contributed by atoms with Crippen molar-refractivity contribution >= 4 is 5.95 Å². The van der Waals surface area contributed by atoms with Crippen LogP contribution in [0.3, 0.4) is 0 Å². The summed E-state index contributed by atoms with van der Waals surface area (Å²) in [6.45, 7) is 5.42. The highest BCUT2D eigenvalue weighted by Gasteiger charge is 2.09. The molecule has 3 aromatic rings. The van der Waals surface area contributed by atoms with E-state index in [1.54, 1.807) is 12.1 Å². The minimum absolute atomic E-state index is 0.300. The second kappa shape index (κ2) is 6.74. The first kappa shape index (κ1) is 16.0. The molecule has 1 aromatic carbocycles. The van der Waals surface area contributed by atoms with Crippen molar-refractivity contribution in [1.82, 2.24) is 25.0 Å². The largest absolute Gasteiger partial charge is 0.341 e. The molecule has 0 aliphatic carbocycles. The van der Waals surface area contributed by atoms with Gasteiger partial charge in [0.2, 0.25) is 5.95 Å². The van der Waals surface area contributed by atoms with Gasteiger partial charge in [0, 0.05) is 24.8 Å². The van der Waals surface area contributed by atoms with Crippen molar-refractivity contribution in [1.29, 1.82) is 0 Å². The minimum Gasteiger partial charge on any atom is -0.341 e. The monoisotopic (exact) mass is 326 g/mol. The zero-order valence-corrected chi connectivity index (χ0v) is 13.9. The third-order valence-corrected chi connectivity index (χ3v) is 3.76. The second-order valence-electron chi connectivity index (χ2n) is 5.72. The number of aromatic nitrogens is 5. The lowest BCUT2D eigenvalue weighted by Gasteiger charge is -2.17. The molecule has 0 saturated carbocycles. The molecule has 0 atom stereocenters. The summed E-state index contributed by atoms with van der Waals surface area (Å²) in [5.41, 5.74) is 3.39. The SMILES string of the molecule is Cc1cc(C)n(CCN(C)c2nncc(-c3cccc(F)c3)n2)n1. The molecule has 0 radical (unpaired) electrons. The molecule has 0 amide bonds. The third kappa shape index (κ3) is 3.56. The first-order valence-electron chi connectivity index (χ1n) is 7.71. The van der Waals surface area contributed by atoms with E-state index in [1.165, 1.54) is 18.3 Å². The van der Waals surface area contributed by atoms with E-state index < -0.39 is 0 Å². The standard InChI is InChI=1S/C17H19FN6/c1-12-9-13(2)24(22-12)8-7-23(3)17-20-16(11-19-21-17)14-5-4-6-15(18)10-14/h4-6,9-11H,7-8H2,1-3H3. The van der Waals surface area contributed by atoms with Gasteiger partial charge in [-0.25, -0.2) is 9.37 Å². The van der Waals surface area contributed by atoms with Crippen molar-refractivity contribution in [3.8, 4) is 11.3 Å². The van der Waals surface area contributed by atoms with Gasteiger partial charge < -0.3 is 4.90 Å². The maximum Gasteiger partial charge on any atom is 0.245 e. The summed E-state index contributed by atoms with van der Waals surface area (Å²) < 4.78 is 15.3. The van der Waals surface area contributed by atoms with Gasteiger partial charge in [0.15, 0.2) is 0 Å². The van der Waals surface area contributed by atoms with Gasteiger partial charge in [-0.1, -0.05) is 12.1 Å². The molecule has 2 heterocycles. The zero-order chi connectivity index (χ0) is 17.1. The van der Waals surface area contributed by atoms with Crippen molar-refractivity contribution in [3.63, 3.8) is 0 Å².